The Balaban J connectivity index is 1.55. The summed E-state index contributed by atoms with van der Waals surface area (Å²) in [5.41, 5.74) is 3.20. The monoisotopic (exact) mass is 373 g/mol. The van der Waals surface area contributed by atoms with Crippen LogP contribution in [0.25, 0.3) is 17.0 Å². The minimum absolute atomic E-state index is 0.165. The van der Waals surface area contributed by atoms with E-state index in [4.69, 9.17) is 10.00 Å². The number of aryl methyl sites for hydroxylation is 2. The molecule has 1 aromatic heterocycles. The fourth-order valence-corrected chi connectivity index (χ4v) is 2.97. The molecule has 3 aromatic rings. The fourth-order valence-electron chi connectivity index (χ4n) is 2.97. The zero-order valence-corrected chi connectivity index (χ0v) is 15.9. The van der Waals surface area contributed by atoms with Crippen molar-refractivity contribution in [2.24, 2.45) is 0 Å². The molecule has 3 rings (SSSR count). The normalized spacial score (nSPS) is 10.9. The number of aromatic nitrogens is 1. The van der Waals surface area contributed by atoms with Gasteiger partial charge in [0.05, 0.1) is 19.0 Å². The molecule has 5 heteroatoms. The van der Waals surface area contributed by atoms with Crippen LogP contribution in [-0.2, 0) is 11.3 Å². The first-order valence-corrected chi connectivity index (χ1v) is 9.27. The average Bonchev–Trinajstić information content (AvgIpc) is 3.07. The van der Waals surface area contributed by atoms with Crippen molar-refractivity contribution < 1.29 is 9.53 Å². The molecule has 0 unspecified atom stereocenters. The Morgan fingerprint density at radius 1 is 1.21 bits per heavy atom. The molecule has 28 heavy (non-hydrogen) atoms. The third-order valence-electron chi connectivity index (χ3n) is 4.39. The van der Waals surface area contributed by atoms with E-state index in [1.165, 1.54) is 11.6 Å². The SMILES string of the molecule is Cc1ccc(OCCNC(=O)/C=C/c2cn(CCC#N)c3ccccc23)cc1. The van der Waals surface area contributed by atoms with Gasteiger partial charge in [-0.25, -0.2) is 0 Å². The van der Waals surface area contributed by atoms with Crippen LogP contribution in [0.5, 0.6) is 5.75 Å². The number of nitrogens with one attached hydrogen (secondary N) is 1. The summed E-state index contributed by atoms with van der Waals surface area (Å²) in [5, 5.41) is 12.7. The number of benzene rings is 2. The Hall–Kier alpha value is -3.52. The van der Waals surface area contributed by atoms with Gasteiger partial charge in [0.25, 0.3) is 0 Å². The number of carbonyl (C=O) groups is 1. The third kappa shape index (κ3) is 5.01. The van der Waals surface area contributed by atoms with Crippen LogP contribution in [0.2, 0.25) is 0 Å². The number of rotatable bonds is 8. The smallest absolute Gasteiger partial charge is 0.244 e. The van der Waals surface area contributed by atoms with Crippen LogP contribution in [0.4, 0.5) is 0 Å². The van der Waals surface area contributed by atoms with Crippen molar-refractivity contribution in [2.45, 2.75) is 19.9 Å². The summed E-state index contributed by atoms with van der Waals surface area (Å²) in [6.45, 7) is 3.50. The minimum Gasteiger partial charge on any atom is -0.492 e. The van der Waals surface area contributed by atoms with Crippen LogP contribution in [-0.4, -0.2) is 23.6 Å². The molecule has 0 aliphatic rings. The van der Waals surface area contributed by atoms with Crippen LogP contribution in [0.15, 0.2) is 60.8 Å². The molecule has 0 aliphatic carbocycles. The van der Waals surface area contributed by atoms with Crippen molar-refractivity contribution in [3.05, 3.63) is 71.9 Å². The summed E-state index contributed by atoms with van der Waals surface area (Å²) < 4.78 is 7.65. The fraction of sp³-hybridized carbons (Fsp3) is 0.217. The molecule has 1 heterocycles. The lowest BCUT2D eigenvalue weighted by Gasteiger charge is -2.06. The first-order valence-electron chi connectivity index (χ1n) is 9.27. The minimum atomic E-state index is -0.165. The molecule has 0 atom stereocenters. The number of para-hydroxylation sites is 1. The lowest BCUT2D eigenvalue weighted by molar-refractivity contribution is -0.116. The van der Waals surface area contributed by atoms with E-state index in [2.05, 4.69) is 11.4 Å². The predicted molar refractivity (Wildman–Crippen MR) is 111 cm³/mol. The van der Waals surface area contributed by atoms with Gasteiger partial charge < -0.3 is 14.6 Å². The number of fused-ring (bicyclic) bond motifs is 1. The molecule has 0 spiro atoms. The van der Waals surface area contributed by atoms with Gasteiger partial charge in [0.1, 0.15) is 12.4 Å². The molecular formula is C23H23N3O2. The summed E-state index contributed by atoms with van der Waals surface area (Å²) in [6, 6.07) is 18.0. The van der Waals surface area contributed by atoms with Crippen molar-refractivity contribution in [1.29, 1.82) is 5.26 Å². The Morgan fingerprint density at radius 3 is 2.79 bits per heavy atom. The molecule has 0 bridgehead atoms. The predicted octanol–water partition coefficient (Wildman–Crippen LogP) is 4.07. The van der Waals surface area contributed by atoms with Crippen molar-refractivity contribution in [2.75, 3.05) is 13.2 Å². The molecule has 0 saturated heterocycles. The maximum atomic E-state index is 12.1. The van der Waals surface area contributed by atoms with Gasteiger partial charge in [0, 0.05) is 35.3 Å². The van der Waals surface area contributed by atoms with Crippen LogP contribution in [0, 0.1) is 18.3 Å². The lowest BCUT2D eigenvalue weighted by Crippen LogP contribution is -2.26. The molecule has 2 aromatic carbocycles. The van der Waals surface area contributed by atoms with Crippen LogP contribution in [0.1, 0.15) is 17.5 Å². The summed E-state index contributed by atoms with van der Waals surface area (Å²) in [5.74, 6) is 0.627. The second-order valence-corrected chi connectivity index (χ2v) is 6.49. The average molecular weight is 373 g/mol. The van der Waals surface area contributed by atoms with Crippen LogP contribution in [0.3, 0.4) is 0 Å². The van der Waals surface area contributed by atoms with Gasteiger partial charge in [-0.05, 0) is 31.2 Å². The van der Waals surface area contributed by atoms with Crippen molar-refractivity contribution in [1.82, 2.24) is 9.88 Å². The quantitative estimate of drug-likeness (QED) is 0.478. The van der Waals surface area contributed by atoms with Gasteiger partial charge in [0.2, 0.25) is 5.91 Å². The standard InChI is InChI=1S/C23H23N3O2/c1-18-7-10-20(11-8-18)28-16-14-25-23(27)12-9-19-17-26(15-4-13-24)22-6-3-2-5-21(19)22/h2-3,5-12,17H,4,14-16H2,1H3,(H,25,27)/b12-9+. The molecule has 1 N–H and O–H groups in total. The number of ether oxygens (including phenoxy) is 1. The molecule has 142 valence electrons. The van der Waals surface area contributed by atoms with Gasteiger partial charge in [-0.2, -0.15) is 5.26 Å². The number of amides is 1. The first-order chi connectivity index (χ1) is 13.7. The van der Waals surface area contributed by atoms with Gasteiger partial charge in [-0.3, -0.25) is 4.79 Å². The summed E-state index contributed by atoms with van der Waals surface area (Å²) >= 11 is 0. The maximum Gasteiger partial charge on any atom is 0.244 e. The second kappa shape index (κ2) is 9.43. The Labute approximate surface area is 164 Å². The van der Waals surface area contributed by atoms with E-state index in [0.29, 0.717) is 26.1 Å². The molecule has 0 aliphatic heterocycles. The number of carbonyl (C=O) groups excluding carboxylic acids is 1. The van der Waals surface area contributed by atoms with E-state index >= 15 is 0 Å². The highest BCUT2D eigenvalue weighted by Crippen LogP contribution is 2.22. The van der Waals surface area contributed by atoms with Gasteiger partial charge in [0.15, 0.2) is 0 Å². The number of hydrogen-bond acceptors (Lipinski definition) is 3. The summed E-state index contributed by atoms with van der Waals surface area (Å²) in [4.78, 5) is 12.1. The third-order valence-corrected chi connectivity index (χ3v) is 4.39. The first kappa shape index (κ1) is 19.2. The highest BCUT2D eigenvalue weighted by molar-refractivity contribution is 5.96. The zero-order valence-electron chi connectivity index (χ0n) is 15.9. The Bertz CT molecular complexity index is 1010. The zero-order chi connectivity index (χ0) is 19.8. The number of nitrogens with zero attached hydrogens (tertiary/aromatic N) is 2. The van der Waals surface area contributed by atoms with E-state index in [1.54, 1.807) is 6.08 Å². The second-order valence-electron chi connectivity index (χ2n) is 6.49. The topological polar surface area (TPSA) is 67.0 Å². The molecular weight excluding hydrogens is 350 g/mol. The molecule has 0 fully saturated rings. The summed E-state index contributed by atoms with van der Waals surface area (Å²) in [6.07, 6.45) is 5.76. The van der Waals surface area contributed by atoms with Crippen molar-refractivity contribution in [3.63, 3.8) is 0 Å². The van der Waals surface area contributed by atoms with Crippen molar-refractivity contribution in [3.8, 4) is 11.8 Å². The van der Waals surface area contributed by atoms with Crippen LogP contribution < -0.4 is 10.1 Å². The molecule has 5 nitrogen and oxygen atoms in total. The lowest BCUT2D eigenvalue weighted by atomic mass is 10.1. The number of hydrogen-bond donors (Lipinski definition) is 1. The Morgan fingerprint density at radius 2 is 2.00 bits per heavy atom. The maximum absolute atomic E-state index is 12.1. The number of nitriles is 1. The Kier molecular flexibility index (Phi) is 6.48. The molecule has 1 amide bonds. The highest BCUT2D eigenvalue weighted by Gasteiger charge is 2.06. The highest BCUT2D eigenvalue weighted by atomic mass is 16.5. The van der Waals surface area contributed by atoms with E-state index in [9.17, 15) is 4.79 Å². The van der Waals surface area contributed by atoms with E-state index < -0.39 is 0 Å². The molecule has 0 saturated carbocycles. The largest absolute Gasteiger partial charge is 0.492 e. The summed E-state index contributed by atoms with van der Waals surface area (Å²) in [7, 11) is 0. The van der Waals surface area contributed by atoms with Gasteiger partial charge in [-0.1, -0.05) is 35.9 Å². The van der Waals surface area contributed by atoms with Crippen molar-refractivity contribution >= 4 is 22.9 Å². The van der Waals surface area contributed by atoms with E-state index in [-0.39, 0.29) is 5.91 Å². The van der Waals surface area contributed by atoms with E-state index in [0.717, 1.165) is 22.2 Å². The van der Waals surface area contributed by atoms with Gasteiger partial charge in [-0.15, -0.1) is 0 Å². The molecule has 0 radical (unpaired) electrons. The van der Waals surface area contributed by atoms with E-state index in [1.807, 2.05) is 66.2 Å². The van der Waals surface area contributed by atoms with Crippen LogP contribution >= 0.6 is 0 Å². The van der Waals surface area contributed by atoms with Gasteiger partial charge >= 0.3 is 0 Å².